The Kier molecular flexibility index (Phi) is 1.39. The monoisotopic (exact) mass is 145 g/mol. The lowest BCUT2D eigenvalue weighted by Crippen LogP contribution is -1.78. The van der Waals surface area contributed by atoms with Gasteiger partial charge >= 0.3 is 0 Å². The predicted molar refractivity (Wildman–Crippen MR) is 44.3 cm³/mol. The van der Waals surface area contributed by atoms with E-state index in [1.54, 1.807) is 0 Å². The molecule has 2 aromatic rings. The van der Waals surface area contributed by atoms with Crippen molar-refractivity contribution in [3.05, 3.63) is 30.0 Å². The molecule has 1 radical (unpaired) electrons. The molecule has 0 aliphatic heterocycles. The molecule has 0 spiro atoms. The van der Waals surface area contributed by atoms with Gasteiger partial charge in [0.2, 0.25) is 0 Å². The quantitative estimate of drug-likeness (QED) is 0.652. The van der Waals surface area contributed by atoms with Gasteiger partial charge in [-0.2, -0.15) is 5.10 Å². The van der Waals surface area contributed by atoms with Crippen molar-refractivity contribution in [2.45, 2.75) is 13.3 Å². The van der Waals surface area contributed by atoms with Gasteiger partial charge in [0.25, 0.3) is 0 Å². The molecule has 2 heteroatoms. The second-order valence-electron chi connectivity index (χ2n) is 2.50. The minimum atomic E-state index is 0.976. The van der Waals surface area contributed by atoms with Crippen molar-refractivity contribution in [2.24, 2.45) is 0 Å². The van der Waals surface area contributed by atoms with Crippen molar-refractivity contribution in [1.29, 1.82) is 0 Å². The number of hydrogen-bond acceptors (Lipinski definition) is 1. The van der Waals surface area contributed by atoms with Crippen LogP contribution in [-0.2, 0) is 6.42 Å². The smallest absolute Gasteiger partial charge is 0.0698 e. The molecule has 0 bridgehead atoms. The van der Waals surface area contributed by atoms with E-state index in [2.05, 4.69) is 23.2 Å². The van der Waals surface area contributed by atoms with Gasteiger partial charge < -0.3 is 0 Å². The zero-order valence-corrected chi connectivity index (χ0v) is 6.39. The largest absolute Gasteiger partial charge is 0.278 e. The van der Waals surface area contributed by atoms with Gasteiger partial charge in [-0.1, -0.05) is 19.1 Å². The summed E-state index contributed by atoms with van der Waals surface area (Å²) in [5.74, 6) is 0. The number of aromatic amines is 1. The minimum Gasteiger partial charge on any atom is -0.278 e. The third-order valence-electron chi connectivity index (χ3n) is 1.82. The molecule has 0 fully saturated rings. The molecule has 1 heterocycles. The third-order valence-corrected chi connectivity index (χ3v) is 1.82. The number of aromatic nitrogens is 2. The molecule has 0 aliphatic rings. The van der Waals surface area contributed by atoms with E-state index in [0.29, 0.717) is 0 Å². The molecule has 0 unspecified atom stereocenters. The third kappa shape index (κ3) is 0.909. The zero-order chi connectivity index (χ0) is 7.68. The molecule has 2 nitrogen and oxygen atoms in total. The maximum absolute atomic E-state index is 4.17. The van der Waals surface area contributed by atoms with Gasteiger partial charge in [0.15, 0.2) is 0 Å². The van der Waals surface area contributed by atoms with Crippen LogP contribution in [0.15, 0.2) is 18.2 Å². The molecule has 1 aromatic carbocycles. The summed E-state index contributed by atoms with van der Waals surface area (Å²) in [7, 11) is 0. The Labute approximate surface area is 65.2 Å². The molecule has 0 amide bonds. The Morgan fingerprint density at radius 2 is 2.55 bits per heavy atom. The standard InChI is InChI=1S/C9H9N2/c1-2-8-7-5-3-4-6-9(7)11-10-8/h3,5-6H,2H2,1H3,(H,10,11). The summed E-state index contributed by atoms with van der Waals surface area (Å²) in [5.41, 5.74) is 2.21. The van der Waals surface area contributed by atoms with E-state index in [4.69, 9.17) is 0 Å². The van der Waals surface area contributed by atoms with Crippen molar-refractivity contribution in [2.75, 3.05) is 0 Å². The molecule has 2 rings (SSSR count). The lowest BCUT2D eigenvalue weighted by Gasteiger charge is -1.87. The first-order valence-electron chi connectivity index (χ1n) is 3.75. The van der Waals surface area contributed by atoms with Gasteiger partial charge in [-0.15, -0.1) is 0 Å². The molecule has 0 atom stereocenters. The van der Waals surface area contributed by atoms with Crippen molar-refractivity contribution in [3.8, 4) is 0 Å². The molecule has 1 N–H and O–H groups in total. The van der Waals surface area contributed by atoms with Crippen LogP contribution in [0, 0.1) is 6.07 Å². The van der Waals surface area contributed by atoms with Crippen LogP contribution >= 0.6 is 0 Å². The second-order valence-corrected chi connectivity index (χ2v) is 2.50. The first-order chi connectivity index (χ1) is 5.42. The lowest BCUT2D eigenvalue weighted by atomic mass is 10.2. The van der Waals surface area contributed by atoms with E-state index in [1.165, 1.54) is 5.39 Å². The first kappa shape index (κ1) is 6.40. The Hall–Kier alpha value is -1.31. The number of benzene rings is 1. The molecule has 55 valence electrons. The summed E-state index contributed by atoms with van der Waals surface area (Å²) in [5, 5.41) is 8.34. The van der Waals surface area contributed by atoms with Gasteiger partial charge in [0.05, 0.1) is 11.2 Å². The van der Waals surface area contributed by atoms with Crippen molar-refractivity contribution in [1.82, 2.24) is 10.2 Å². The summed E-state index contributed by atoms with van der Waals surface area (Å²) in [4.78, 5) is 0. The molecule has 1 aromatic heterocycles. The molecule has 0 saturated heterocycles. The van der Waals surface area contributed by atoms with E-state index in [9.17, 15) is 0 Å². The summed E-state index contributed by atoms with van der Waals surface area (Å²) < 4.78 is 0. The number of rotatable bonds is 1. The normalized spacial score (nSPS) is 10.6. The Bertz CT molecular complexity index is 362. The van der Waals surface area contributed by atoms with Crippen LogP contribution in [0.2, 0.25) is 0 Å². The zero-order valence-electron chi connectivity index (χ0n) is 6.39. The highest BCUT2D eigenvalue weighted by molar-refractivity contribution is 5.80. The van der Waals surface area contributed by atoms with Gasteiger partial charge in [0.1, 0.15) is 0 Å². The molecule has 11 heavy (non-hydrogen) atoms. The van der Waals surface area contributed by atoms with Crippen LogP contribution in [0.4, 0.5) is 0 Å². The SMILES string of the molecule is CCc1n[nH]c2c[c]ccc12. The van der Waals surface area contributed by atoms with Gasteiger partial charge in [-0.05, 0) is 18.6 Å². The van der Waals surface area contributed by atoms with E-state index in [1.807, 2.05) is 18.2 Å². The van der Waals surface area contributed by atoms with Crippen molar-refractivity contribution in [3.63, 3.8) is 0 Å². The lowest BCUT2D eigenvalue weighted by molar-refractivity contribution is 0.988. The van der Waals surface area contributed by atoms with Crippen LogP contribution in [0.5, 0.6) is 0 Å². The summed E-state index contributed by atoms with van der Waals surface area (Å²) >= 11 is 0. The van der Waals surface area contributed by atoms with Gasteiger partial charge in [-0.25, -0.2) is 0 Å². The maximum Gasteiger partial charge on any atom is 0.0698 e. The average molecular weight is 145 g/mol. The Morgan fingerprint density at radius 1 is 1.64 bits per heavy atom. The molecular weight excluding hydrogens is 136 g/mol. The van der Waals surface area contributed by atoms with Gasteiger partial charge in [-0.3, -0.25) is 5.10 Å². The summed E-state index contributed by atoms with van der Waals surface area (Å²) in [6, 6.07) is 8.87. The second kappa shape index (κ2) is 2.38. The Balaban J connectivity index is 2.76. The molecule has 0 aliphatic carbocycles. The first-order valence-corrected chi connectivity index (χ1v) is 3.75. The number of aryl methyl sites for hydroxylation is 1. The topological polar surface area (TPSA) is 28.7 Å². The van der Waals surface area contributed by atoms with Crippen molar-refractivity contribution < 1.29 is 0 Å². The van der Waals surface area contributed by atoms with Crippen LogP contribution < -0.4 is 0 Å². The van der Waals surface area contributed by atoms with Crippen LogP contribution in [0.1, 0.15) is 12.6 Å². The molecule has 0 saturated carbocycles. The highest BCUT2D eigenvalue weighted by atomic mass is 15.1. The van der Waals surface area contributed by atoms with E-state index in [0.717, 1.165) is 17.6 Å². The number of nitrogens with zero attached hydrogens (tertiary/aromatic N) is 1. The maximum atomic E-state index is 4.17. The minimum absolute atomic E-state index is 0.976. The number of fused-ring (bicyclic) bond motifs is 1. The summed E-state index contributed by atoms with van der Waals surface area (Å²) in [6.07, 6.45) is 0.976. The predicted octanol–water partition coefficient (Wildman–Crippen LogP) is 1.93. The number of nitrogens with one attached hydrogen (secondary N) is 1. The highest BCUT2D eigenvalue weighted by Gasteiger charge is 2.00. The fourth-order valence-corrected chi connectivity index (χ4v) is 1.23. The highest BCUT2D eigenvalue weighted by Crippen LogP contribution is 2.14. The average Bonchev–Trinajstić information content (AvgIpc) is 2.47. The van der Waals surface area contributed by atoms with Crippen LogP contribution in [-0.4, -0.2) is 10.2 Å². The van der Waals surface area contributed by atoms with Crippen molar-refractivity contribution >= 4 is 10.9 Å². The summed E-state index contributed by atoms with van der Waals surface area (Å²) in [6.45, 7) is 2.10. The Morgan fingerprint density at radius 3 is 3.36 bits per heavy atom. The van der Waals surface area contributed by atoms with E-state index >= 15 is 0 Å². The van der Waals surface area contributed by atoms with Gasteiger partial charge in [0, 0.05) is 5.39 Å². The fraction of sp³-hybridized carbons (Fsp3) is 0.222. The number of H-pyrrole nitrogens is 1. The molecular formula is C9H9N2. The number of hydrogen-bond donors (Lipinski definition) is 1. The van der Waals surface area contributed by atoms with Crippen LogP contribution in [0.3, 0.4) is 0 Å². The van der Waals surface area contributed by atoms with Crippen LogP contribution in [0.25, 0.3) is 10.9 Å². The fourth-order valence-electron chi connectivity index (χ4n) is 1.23. The van der Waals surface area contributed by atoms with E-state index < -0.39 is 0 Å². The van der Waals surface area contributed by atoms with E-state index in [-0.39, 0.29) is 0 Å².